The van der Waals surface area contributed by atoms with Gasteiger partial charge in [-0.3, -0.25) is 9.69 Å². The van der Waals surface area contributed by atoms with E-state index in [0.29, 0.717) is 4.91 Å². The monoisotopic (exact) mass is 346 g/mol. The third-order valence-corrected chi connectivity index (χ3v) is 4.66. The quantitative estimate of drug-likeness (QED) is 0.604. The van der Waals surface area contributed by atoms with Crippen molar-refractivity contribution in [2.24, 2.45) is 5.92 Å². The van der Waals surface area contributed by atoms with Crippen LogP contribution in [-0.4, -0.2) is 27.1 Å². The number of thiocarbonyl (C=S) groups is 1. The highest BCUT2D eigenvalue weighted by atomic mass is 32.2. The van der Waals surface area contributed by atoms with Crippen LogP contribution in [0.25, 0.3) is 6.08 Å². The molecule has 0 saturated carbocycles. The molecule has 4 nitrogen and oxygen atoms in total. The second-order valence-electron chi connectivity index (χ2n) is 5.35. The first kappa shape index (κ1) is 17.4. The summed E-state index contributed by atoms with van der Waals surface area (Å²) in [5.41, 5.74) is 1.01. The van der Waals surface area contributed by atoms with Gasteiger partial charge in [0.15, 0.2) is 0 Å². The van der Waals surface area contributed by atoms with Crippen molar-refractivity contribution >= 4 is 46.3 Å². The molecular formula is C17H16NO3S2-. The molecule has 1 saturated heterocycles. The van der Waals surface area contributed by atoms with Gasteiger partial charge in [0.25, 0.3) is 5.91 Å². The SMILES string of the molecule is CC(C)C(C(=O)[O-])N1C(=O)C(=CC=Cc2ccccc2)SC1=S. The first-order chi connectivity index (χ1) is 10.9. The predicted octanol–water partition coefficient (Wildman–Crippen LogP) is 2.22. The van der Waals surface area contributed by atoms with E-state index in [-0.39, 0.29) is 16.1 Å². The minimum atomic E-state index is -1.29. The van der Waals surface area contributed by atoms with Crippen molar-refractivity contribution in [2.75, 3.05) is 0 Å². The zero-order chi connectivity index (χ0) is 17.0. The fourth-order valence-electron chi connectivity index (χ4n) is 2.22. The smallest absolute Gasteiger partial charge is 0.266 e. The van der Waals surface area contributed by atoms with Crippen LogP contribution in [0.5, 0.6) is 0 Å². The lowest BCUT2D eigenvalue weighted by atomic mass is 10.0. The number of hydrogen-bond acceptors (Lipinski definition) is 5. The van der Waals surface area contributed by atoms with Crippen LogP contribution in [-0.2, 0) is 9.59 Å². The average Bonchev–Trinajstić information content (AvgIpc) is 2.76. The Morgan fingerprint density at radius 1 is 1.30 bits per heavy atom. The summed E-state index contributed by atoms with van der Waals surface area (Å²) < 4.78 is 0.247. The molecule has 6 heteroatoms. The lowest BCUT2D eigenvalue weighted by Gasteiger charge is -2.30. The number of carbonyl (C=O) groups excluding carboxylic acids is 2. The molecule has 0 aromatic heterocycles. The number of hydrogen-bond donors (Lipinski definition) is 0. The van der Waals surface area contributed by atoms with Crippen LogP contribution in [0.15, 0.2) is 47.4 Å². The molecule has 1 heterocycles. The standard InChI is InChI=1S/C17H17NO3S2/c1-11(2)14(16(20)21)18-15(19)13(23-17(18)22)10-6-9-12-7-4-3-5-8-12/h3-11,14H,1-2H3,(H,20,21)/p-1. The van der Waals surface area contributed by atoms with Gasteiger partial charge in [-0.25, -0.2) is 0 Å². The van der Waals surface area contributed by atoms with Crippen molar-refractivity contribution in [3.8, 4) is 0 Å². The summed E-state index contributed by atoms with van der Waals surface area (Å²) in [6.45, 7) is 3.44. The Hall–Kier alpha value is -1.92. The molecule has 1 amide bonds. The van der Waals surface area contributed by atoms with Gasteiger partial charge in [0, 0.05) is 0 Å². The number of carboxylic acid groups (broad SMARTS) is 1. The Morgan fingerprint density at radius 2 is 1.96 bits per heavy atom. The third-order valence-electron chi connectivity index (χ3n) is 3.31. The summed E-state index contributed by atoms with van der Waals surface area (Å²) in [5.74, 6) is -1.97. The summed E-state index contributed by atoms with van der Waals surface area (Å²) in [7, 11) is 0. The van der Waals surface area contributed by atoms with Crippen molar-refractivity contribution in [1.82, 2.24) is 4.90 Å². The molecule has 1 fully saturated rings. The number of aliphatic carboxylic acids is 1. The van der Waals surface area contributed by atoms with E-state index in [0.717, 1.165) is 22.2 Å². The van der Waals surface area contributed by atoms with Gasteiger partial charge >= 0.3 is 0 Å². The fourth-order valence-corrected chi connectivity index (χ4v) is 3.50. The summed E-state index contributed by atoms with van der Waals surface area (Å²) >= 11 is 6.27. The normalized spacial score (nSPS) is 18.4. The highest BCUT2D eigenvalue weighted by molar-refractivity contribution is 8.26. The van der Waals surface area contributed by atoms with Gasteiger partial charge in [0.2, 0.25) is 0 Å². The minimum Gasteiger partial charge on any atom is -0.548 e. The maximum absolute atomic E-state index is 12.4. The molecule has 0 spiro atoms. The zero-order valence-corrected chi connectivity index (χ0v) is 14.4. The number of thioether (sulfide) groups is 1. The Labute approximate surface area is 144 Å². The summed E-state index contributed by atoms with van der Waals surface area (Å²) in [6.07, 6.45) is 5.27. The summed E-state index contributed by atoms with van der Waals surface area (Å²) in [4.78, 5) is 25.3. The number of allylic oxidation sites excluding steroid dienone is 2. The predicted molar refractivity (Wildman–Crippen MR) is 94.2 cm³/mol. The maximum atomic E-state index is 12.4. The van der Waals surface area contributed by atoms with E-state index in [1.807, 2.05) is 36.4 Å². The van der Waals surface area contributed by atoms with Crippen LogP contribution in [0.2, 0.25) is 0 Å². The van der Waals surface area contributed by atoms with Crippen molar-refractivity contribution in [3.63, 3.8) is 0 Å². The summed E-state index contributed by atoms with van der Waals surface area (Å²) in [6, 6.07) is 8.61. The topological polar surface area (TPSA) is 60.4 Å². The number of benzene rings is 1. The Balaban J connectivity index is 2.19. The molecule has 2 rings (SSSR count). The van der Waals surface area contributed by atoms with Crippen LogP contribution >= 0.6 is 24.0 Å². The van der Waals surface area contributed by atoms with E-state index in [2.05, 4.69) is 0 Å². The van der Waals surface area contributed by atoms with E-state index >= 15 is 0 Å². The number of carboxylic acids is 1. The van der Waals surface area contributed by atoms with Crippen molar-refractivity contribution in [1.29, 1.82) is 0 Å². The van der Waals surface area contributed by atoms with Crippen LogP contribution in [0.3, 0.4) is 0 Å². The molecular weight excluding hydrogens is 330 g/mol. The van der Waals surface area contributed by atoms with Crippen molar-refractivity contribution in [3.05, 3.63) is 53.0 Å². The number of nitrogens with zero attached hydrogens (tertiary/aromatic N) is 1. The zero-order valence-electron chi connectivity index (χ0n) is 12.8. The fraction of sp³-hybridized carbons (Fsp3) is 0.235. The largest absolute Gasteiger partial charge is 0.548 e. The molecule has 1 aliphatic heterocycles. The van der Waals surface area contributed by atoms with Gasteiger partial charge in [-0.1, -0.05) is 80.3 Å². The van der Waals surface area contributed by atoms with E-state index in [1.54, 1.807) is 26.0 Å². The highest BCUT2D eigenvalue weighted by Crippen LogP contribution is 2.34. The maximum Gasteiger partial charge on any atom is 0.266 e. The van der Waals surface area contributed by atoms with E-state index in [9.17, 15) is 14.7 Å². The lowest BCUT2D eigenvalue weighted by Crippen LogP contribution is -2.52. The van der Waals surface area contributed by atoms with Crippen molar-refractivity contribution in [2.45, 2.75) is 19.9 Å². The molecule has 0 aliphatic carbocycles. The van der Waals surface area contributed by atoms with Gasteiger partial charge in [0.05, 0.1) is 16.9 Å². The molecule has 1 aliphatic rings. The lowest BCUT2D eigenvalue weighted by molar-refractivity contribution is -0.311. The molecule has 0 bridgehead atoms. The molecule has 120 valence electrons. The second kappa shape index (κ2) is 7.57. The third kappa shape index (κ3) is 4.09. The van der Waals surface area contributed by atoms with Crippen LogP contribution in [0, 0.1) is 5.92 Å². The Bertz CT molecular complexity index is 680. The molecule has 23 heavy (non-hydrogen) atoms. The van der Waals surface area contributed by atoms with Gasteiger partial charge in [-0.15, -0.1) is 0 Å². The molecule has 0 radical (unpaired) electrons. The van der Waals surface area contributed by atoms with E-state index in [4.69, 9.17) is 12.2 Å². The van der Waals surface area contributed by atoms with Gasteiger partial charge < -0.3 is 9.90 Å². The first-order valence-corrected chi connectivity index (χ1v) is 8.34. The van der Waals surface area contributed by atoms with Crippen LogP contribution < -0.4 is 5.11 Å². The van der Waals surface area contributed by atoms with Gasteiger partial charge in [-0.2, -0.15) is 0 Å². The average molecular weight is 346 g/mol. The Kier molecular flexibility index (Phi) is 5.74. The van der Waals surface area contributed by atoms with Crippen molar-refractivity contribution < 1.29 is 14.7 Å². The van der Waals surface area contributed by atoms with Gasteiger partial charge in [-0.05, 0) is 17.6 Å². The molecule has 1 unspecified atom stereocenters. The van der Waals surface area contributed by atoms with E-state index < -0.39 is 12.0 Å². The minimum absolute atomic E-state index is 0.247. The van der Waals surface area contributed by atoms with Gasteiger partial charge in [0.1, 0.15) is 4.32 Å². The highest BCUT2D eigenvalue weighted by Gasteiger charge is 2.38. The number of amides is 1. The number of rotatable bonds is 5. The molecule has 1 aromatic rings. The summed E-state index contributed by atoms with van der Waals surface area (Å²) in [5, 5.41) is 11.3. The molecule has 1 atom stereocenters. The van der Waals surface area contributed by atoms with Crippen LogP contribution in [0.4, 0.5) is 0 Å². The number of carbonyl (C=O) groups is 2. The molecule has 0 N–H and O–H groups in total. The van der Waals surface area contributed by atoms with E-state index in [1.165, 1.54) is 0 Å². The first-order valence-electron chi connectivity index (χ1n) is 7.11. The second-order valence-corrected chi connectivity index (χ2v) is 7.03. The van der Waals surface area contributed by atoms with Crippen LogP contribution in [0.1, 0.15) is 19.4 Å². The molecule has 1 aromatic carbocycles. The Morgan fingerprint density at radius 3 is 2.52 bits per heavy atom.